The zero-order valence-electron chi connectivity index (χ0n) is 14.1. The molecule has 2 aromatic heterocycles. The van der Waals surface area contributed by atoms with Gasteiger partial charge >= 0.3 is 4.87 Å². The van der Waals surface area contributed by atoms with Crippen molar-refractivity contribution in [3.05, 3.63) is 62.0 Å². The minimum atomic E-state index is -0.239. The highest BCUT2D eigenvalue weighted by atomic mass is 35.5. The number of hydrogen-bond acceptors (Lipinski definition) is 5. The summed E-state index contributed by atoms with van der Waals surface area (Å²) in [4.78, 5) is 30.5. The first kappa shape index (κ1) is 18.0. The maximum absolute atomic E-state index is 12.6. The zero-order valence-corrected chi connectivity index (χ0v) is 16.4. The van der Waals surface area contributed by atoms with Crippen molar-refractivity contribution in [3.63, 3.8) is 0 Å². The highest BCUT2D eigenvalue weighted by molar-refractivity contribution is 7.16. The van der Waals surface area contributed by atoms with Gasteiger partial charge in [-0.3, -0.25) is 14.2 Å². The molecule has 27 heavy (non-hydrogen) atoms. The lowest BCUT2D eigenvalue weighted by Gasteiger charge is -2.15. The van der Waals surface area contributed by atoms with Crippen LogP contribution in [0.4, 0.5) is 0 Å². The zero-order chi connectivity index (χ0) is 19.1. The Balaban J connectivity index is 1.55. The lowest BCUT2D eigenvalue weighted by atomic mass is 10.3. The topological polar surface area (TPSA) is 68.3 Å². The van der Waals surface area contributed by atoms with Crippen LogP contribution in [-0.4, -0.2) is 27.4 Å². The molecule has 2 heterocycles. The molecule has 0 saturated carbocycles. The molecule has 2 aromatic carbocycles. The van der Waals surface area contributed by atoms with Gasteiger partial charge in [0.05, 0.1) is 16.8 Å². The average Bonchev–Trinajstić information content (AvgIpc) is 3.15. The Morgan fingerprint density at radius 1 is 1.22 bits per heavy atom. The SMILES string of the molecule is CN(Cc1nc2ccc(Cl)cc2o1)C(=O)Cn1c(=O)sc2ccc(Cl)cc21. The van der Waals surface area contributed by atoms with Gasteiger partial charge in [0, 0.05) is 23.2 Å². The summed E-state index contributed by atoms with van der Waals surface area (Å²) in [5.74, 6) is 0.158. The molecular formula is C18H13Cl2N3O3S. The first-order valence-electron chi connectivity index (χ1n) is 7.98. The third-order valence-corrected chi connectivity index (χ3v) is 5.55. The Kier molecular flexibility index (Phi) is 4.67. The number of likely N-dealkylation sites (N-methyl/N-ethyl adjacent to an activating group) is 1. The smallest absolute Gasteiger partial charge is 0.308 e. The van der Waals surface area contributed by atoms with Crippen molar-refractivity contribution in [3.8, 4) is 0 Å². The molecule has 0 aliphatic carbocycles. The van der Waals surface area contributed by atoms with Crippen molar-refractivity contribution < 1.29 is 9.21 Å². The number of amides is 1. The van der Waals surface area contributed by atoms with E-state index in [0.717, 1.165) is 16.0 Å². The van der Waals surface area contributed by atoms with E-state index in [2.05, 4.69) is 4.98 Å². The van der Waals surface area contributed by atoms with Gasteiger partial charge in [0.15, 0.2) is 5.58 Å². The quantitative estimate of drug-likeness (QED) is 0.495. The Hall–Kier alpha value is -2.35. The molecule has 0 spiro atoms. The fourth-order valence-electron chi connectivity index (χ4n) is 2.75. The van der Waals surface area contributed by atoms with Gasteiger partial charge in [0.2, 0.25) is 11.8 Å². The summed E-state index contributed by atoms with van der Waals surface area (Å²) in [5.41, 5.74) is 1.88. The van der Waals surface area contributed by atoms with Crippen LogP contribution in [0.3, 0.4) is 0 Å². The number of rotatable bonds is 4. The van der Waals surface area contributed by atoms with Gasteiger partial charge in [-0.1, -0.05) is 34.5 Å². The van der Waals surface area contributed by atoms with Gasteiger partial charge in [-0.05, 0) is 30.3 Å². The van der Waals surface area contributed by atoms with Crippen LogP contribution in [0.15, 0.2) is 45.6 Å². The van der Waals surface area contributed by atoms with Crippen LogP contribution in [0.1, 0.15) is 5.89 Å². The largest absolute Gasteiger partial charge is 0.439 e. The van der Waals surface area contributed by atoms with Crippen molar-refractivity contribution in [1.82, 2.24) is 14.5 Å². The van der Waals surface area contributed by atoms with Crippen molar-refractivity contribution >= 4 is 61.8 Å². The molecule has 0 radical (unpaired) electrons. The molecule has 0 atom stereocenters. The Morgan fingerprint density at radius 2 is 1.96 bits per heavy atom. The summed E-state index contributed by atoms with van der Waals surface area (Å²) in [6.07, 6.45) is 0. The van der Waals surface area contributed by atoms with Gasteiger partial charge in [-0.15, -0.1) is 0 Å². The van der Waals surface area contributed by atoms with Crippen LogP contribution >= 0.6 is 34.5 Å². The second-order valence-electron chi connectivity index (χ2n) is 6.04. The van der Waals surface area contributed by atoms with Gasteiger partial charge in [0.25, 0.3) is 0 Å². The van der Waals surface area contributed by atoms with Crippen LogP contribution in [-0.2, 0) is 17.9 Å². The molecule has 0 N–H and O–H groups in total. The van der Waals surface area contributed by atoms with E-state index in [1.54, 1.807) is 43.4 Å². The van der Waals surface area contributed by atoms with E-state index >= 15 is 0 Å². The number of hydrogen-bond donors (Lipinski definition) is 0. The number of benzene rings is 2. The molecule has 0 bridgehead atoms. The minimum absolute atomic E-state index is 0.0816. The van der Waals surface area contributed by atoms with Crippen molar-refractivity contribution in [1.29, 1.82) is 0 Å². The first-order chi connectivity index (χ1) is 12.9. The number of aromatic nitrogens is 2. The number of carbonyl (C=O) groups is 1. The molecular weight excluding hydrogens is 409 g/mol. The molecule has 0 aliphatic rings. The van der Waals surface area contributed by atoms with Gasteiger partial charge in [-0.2, -0.15) is 0 Å². The van der Waals surface area contributed by atoms with E-state index in [1.807, 2.05) is 0 Å². The average molecular weight is 422 g/mol. The highest BCUT2D eigenvalue weighted by Crippen LogP contribution is 2.22. The Bertz CT molecular complexity index is 1230. The van der Waals surface area contributed by atoms with Crippen LogP contribution in [0, 0.1) is 0 Å². The number of carbonyl (C=O) groups excluding carboxylic acids is 1. The Morgan fingerprint density at radius 3 is 2.78 bits per heavy atom. The van der Waals surface area contributed by atoms with Gasteiger partial charge in [0.1, 0.15) is 12.1 Å². The van der Waals surface area contributed by atoms with Crippen molar-refractivity contribution in [2.45, 2.75) is 13.1 Å². The molecule has 0 fully saturated rings. The Labute approximate surface area is 167 Å². The van der Waals surface area contributed by atoms with Crippen molar-refractivity contribution in [2.24, 2.45) is 0 Å². The van der Waals surface area contributed by atoms with E-state index in [0.29, 0.717) is 32.6 Å². The number of oxazole rings is 1. The summed E-state index contributed by atoms with van der Waals surface area (Å²) in [7, 11) is 1.64. The summed E-state index contributed by atoms with van der Waals surface area (Å²) in [6, 6.07) is 10.3. The molecule has 4 rings (SSSR count). The summed E-state index contributed by atoms with van der Waals surface area (Å²) in [6.45, 7) is 0.102. The lowest BCUT2D eigenvalue weighted by molar-refractivity contribution is -0.131. The minimum Gasteiger partial charge on any atom is -0.439 e. The fourth-order valence-corrected chi connectivity index (χ4v) is 3.95. The molecule has 138 valence electrons. The summed E-state index contributed by atoms with van der Waals surface area (Å²) < 4.78 is 7.86. The molecule has 0 aliphatic heterocycles. The van der Waals surface area contributed by atoms with Gasteiger partial charge in [-0.25, -0.2) is 4.98 Å². The number of fused-ring (bicyclic) bond motifs is 2. The third kappa shape index (κ3) is 3.58. The third-order valence-electron chi connectivity index (χ3n) is 4.12. The van der Waals surface area contributed by atoms with Gasteiger partial charge < -0.3 is 9.32 Å². The summed E-state index contributed by atoms with van der Waals surface area (Å²) >= 11 is 13.0. The van der Waals surface area contributed by atoms with E-state index in [4.69, 9.17) is 27.6 Å². The van der Waals surface area contributed by atoms with E-state index in [9.17, 15) is 9.59 Å². The van der Waals surface area contributed by atoms with Crippen LogP contribution < -0.4 is 4.87 Å². The second kappa shape index (κ2) is 6.99. The number of halogens is 2. The molecule has 6 nitrogen and oxygen atoms in total. The van der Waals surface area contributed by atoms with E-state index in [1.165, 1.54) is 9.47 Å². The maximum Gasteiger partial charge on any atom is 0.308 e. The lowest BCUT2D eigenvalue weighted by Crippen LogP contribution is -2.32. The number of thiazole rings is 1. The second-order valence-corrected chi connectivity index (χ2v) is 7.90. The number of nitrogens with zero attached hydrogens (tertiary/aromatic N) is 3. The fraction of sp³-hybridized carbons (Fsp3) is 0.167. The predicted octanol–water partition coefficient (Wildman–Crippen LogP) is 4.17. The molecule has 4 aromatic rings. The monoisotopic (exact) mass is 421 g/mol. The first-order valence-corrected chi connectivity index (χ1v) is 9.56. The normalized spacial score (nSPS) is 11.4. The standard InChI is InChI=1S/C18H13Cl2N3O3S/c1-22(8-16-21-12-4-2-11(20)7-14(12)26-16)17(24)9-23-13-6-10(19)3-5-15(13)27-18(23)25/h2-7H,8-9H2,1H3. The van der Waals surface area contributed by atoms with E-state index < -0.39 is 0 Å². The predicted molar refractivity (Wildman–Crippen MR) is 107 cm³/mol. The molecule has 9 heteroatoms. The van der Waals surface area contributed by atoms with Crippen molar-refractivity contribution in [2.75, 3.05) is 7.05 Å². The molecule has 0 unspecified atom stereocenters. The summed E-state index contributed by atoms with van der Waals surface area (Å²) in [5, 5.41) is 1.07. The molecule has 0 saturated heterocycles. The van der Waals surface area contributed by atoms with Crippen LogP contribution in [0.5, 0.6) is 0 Å². The maximum atomic E-state index is 12.6. The molecule has 1 amide bonds. The van der Waals surface area contributed by atoms with Crippen LogP contribution in [0.2, 0.25) is 10.0 Å². The van der Waals surface area contributed by atoms with E-state index in [-0.39, 0.29) is 23.9 Å². The van der Waals surface area contributed by atoms with Crippen LogP contribution in [0.25, 0.3) is 21.3 Å². The highest BCUT2D eigenvalue weighted by Gasteiger charge is 2.17.